The van der Waals surface area contributed by atoms with Crippen LogP contribution in [0.2, 0.25) is 0 Å². The first kappa shape index (κ1) is 19.2. The van der Waals surface area contributed by atoms with Crippen molar-refractivity contribution in [1.82, 2.24) is 4.98 Å². The number of hydrogen-bond donors (Lipinski definition) is 3. The topological polar surface area (TPSA) is 91.3 Å². The number of sulfonamides is 1. The highest BCUT2D eigenvalue weighted by Gasteiger charge is 2.14. The van der Waals surface area contributed by atoms with Gasteiger partial charge in [-0.1, -0.05) is 36.4 Å². The molecule has 0 unspecified atom stereocenters. The van der Waals surface area contributed by atoms with Gasteiger partial charge in [0.15, 0.2) is 0 Å². The van der Waals surface area contributed by atoms with Crippen LogP contribution in [0.1, 0.15) is 18.6 Å². The van der Waals surface area contributed by atoms with Crippen molar-refractivity contribution >= 4 is 48.9 Å². The van der Waals surface area contributed by atoms with Crippen molar-refractivity contribution in [2.75, 3.05) is 16.3 Å². The standard InChI is InChI=1S/C22H21N3O3S/c1-14(26)18-13-15(25-29(2,27)28)11-12-21(18)24-22-16-7-3-5-9-19(16)23-20-10-6-4-8-17(20)22/h3-14,25-26H,1-2H3,(H,23,24)/t14-/m1/s1. The molecule has 0 radical (unpaired) electrons. The number of nitrogens with zero attached hydrogens (tertiary/aromatic N) is 1. The fourth-order valence-electron chi connectivity index (χ4n) is 3.41. The molecule has 0 spiro atoms. The molecular formula is C22H21N3O3S. The summed E-state index contributed by atoms with van der Waals surface area (Å²) < 4.78 is 25.6. The molecule has 0 aliphatic heterocycles. The van der Waals surface area contributed by atoms with Crippen LogP contribution in [0.15, 0.2) is 66.7 Å². The third-order valence-electron chi connectivity index (χ3n) is 4.65. The van der Waals surface area contributed by atoms with E-state index in [-0.39, 0.29) is 0 Å². The summed E-state index contributed by atoms with van der Waals surface area (Å²) in [5.74, 6) is 0. The minimum Gasteiger partial charge on any atom is -0.389 e. The lowest BCUT2D eigenvalue weighted by molar-refractivity contribution is 0.200. The molecule has 0 fully saturated rings. The highest BCUT2D eigenvalue weighted by molar-refractivity contribution is 7.92. The maximum absolute atomic E-state index is 11.6. The van der Waals surface area contributed by atoms with Gasteiger partial charge in [-0.25, -0.2) is 13.4 Å². The summed E-state index contributed by atoms with van der Waals surface area (Å²) in [6.07, 6.45) is 0.300. The number of hydrogen-bond acceptors (Lipinski definition) is 5. The molecular weight excluding hydrogens is 386 g/mol. The van der Waals surface area contributed by atoms with E-state index in [0.717, 1.165) is 33.7 Å². The van der Waals surface area contributed by atoms with E-state index in [9.17, 15) is 13.5 Å². The third-order valence-corrected chi connectivity index (χ3v) is 5.26. The number of aliphatic hydroxyl groups is 1. The van der Waals surface area contributed by atoms with Gasteiger partial charge in [-0.2, -0.15) is 0 Å². The molecule has 1 atom stereocenters. The molecule has 0 aliphatic carbocycles. The molecule has 3 N–H and O–H groups in total. The normalized spacial score (nSPS) is 12.8. The van der Waals surface area contributed by atoms with E-state index in [0.29, 0.717) is 16.9 Å². The Bertz CT molecular complexity index is 1260. The molecule has 0 saturated heterocycles. The summed E-state index contributed by atoms with van der Waals surface area (Å²) in [6, 6.07) is 20.8. The number of anilines is 3. The zero-order valence-electron chi connectivity index (χ0n) is 16.0. The Labute approximate surface area is 169 Å². The van der Waals surface area contributed by atoms with E-state index >= 15 is 0 Å². The fourth-order valence-corrected chi connectivity index (χ4v) is 3.96. The molecule has 7 heteroatoms. The first-order valence-electron chi connectivity index (χ1n) is 9.16. The van der Waals surface area contributed by atoms with Crippen LogP contribution >= 0.6 is 0 Å². The molecule has 3 aromatic carbocycles. The van der Waals surface area contributed by atoms with Crippen LogP contribution in [0, 0.1) is 0 Å². The second-order valence-corrected chi connectivity index (χ2v) is 8.75. The minimum absolute atomic E-state index is 0.401. The Kier molecular flexibility index (Phi) is 4.86. The van der Waals surface area contributed by atoms with Crippen molar-refractivity contribution in [3.8, 4) is 0 Å². The molecule has 1 aromatic heterocycles. The van der Waals surface area contributed by atoms with Gasteiger partial charge >= 0.3 is 0 Å². The summed E-state index contributed by atoms with van der Waals surface area (Å²) in [7, 11) is -3.41. The van der Waals surface area contributed by atoms with E-state index in [4.69, 9.17) is 4.98 Å². The zero-order chi connectivity index (χ0) is 20.6. The lowest BCUT2D eigenvalue weighted by Gasteiger charge is -2.18. The Hall–Kier alpha value is -3.16. The van der Waals surface area contributed by atoms with Crippen molar-refractivity contribution in [1.29, 1.82) is 0 Å². The summed E-state index contributed by atoms with van der Waals surface area (Å²) in [5.41, 5.74) is 4.30. The van der Waals surface area contributed by atoms with Crippen LogP contribution in [-0.2, 0) is 10.0 Å². The second-order valence-electron chi connectivity index (χ2n) is 7.00. The van der Waals surface area contributed by atoms with Crippen LogP contribution in [-0.4, -0.2) is 24.8 Å². The van der Waals surface area contributed by atoms with Crippen LogP contribution in [0.5, 0.6) is 0 Å². The number of rotatable bonds is 5. The molecule has 4 aromatic rings. The number of nitrogens with one attached hydrogen (secondary N) is 2. The maximum atomic E-state index is 11.6. The Balaban J connectivity index is 1.88. The number of aromatic nitrogens is 1. The van der Waals surface area contributed by atoms with Crippen molar-refractivity contribution in [3.05, 3.63) is 72.3 Å². The Morgan fingerprint density at radius 3 is 2.07 bits per heavy atom. The highest BCUT2D eigenvalue weighted by atomic mass is 32.2. The van der Waals surface area contributed by atoms with Crippen molar-refractivity contribution < 1.29 is 13.5 Å². The van der Waals surface area contributed by atoms with Crippen LogP contribution in [0.3, 0.4) is 0 Å². The van der Waals surface area contributed by atoms with E-state index in [2.05, 4.69) is 10.0 Å². The number of pyridine rings is 1. The van der Waals surface area contributed by atoms with Gasteiger partial charge in [0, 0.05) is 27.7 Å². The van der Waals surface area contributed by atoms with E-state index in [1.165, 1.54) is 0 Å². The quantitative estimate of drug-likeness (QED) is 0.422. The predicted molar refractivity (Wildman–Crippen MR) is 118 cm³/mol. The summed E-state index contributed by atoms with van der Waals surface area (Å²) >= 11 is 0. The van der Waals surface area contributed by atoms with Gasteiger partial charge in [0.25, 0.3) is 0 Å². The smallest absolute Gasteiger partial charge is 0.229 e. The van der Waals surface area contributed by atoms with Gasteiger partial charge in [0.2, 0.25) is 10.0 Å². The Morgan fingerprint density at radius 2 is 1.52 bits per heavy atom. The average molecular weight is 407 g/mol. The second kappa shape index (κ2) is 7.35. The molecule has 6 nitrogen and oxygen atoms in total. The lowest BCUT2D eigenvalue weighted by Crippen LogP contribution is -2.10. The van der Waals surface area contributed by atoms with Gasteiger partial charge in [0.05, 0.1) is 29.1 Å². The molecule has 0 amide bonds. The first-order chi connectivity index (χ1) is 13.8. The van der Waals surface area contributed by atoms with Crippen LogP contribution in [0.25, 0.3) is 21.8 Å². The van der Waals surface area contributed by atoms with Gasteiger partial charge in [-0.15, -0.1) is 0 Å². The number of aliphatic hydroxyl groups excluding tert-OH is 1. The van der Waals surface area contributed by atoms with Gasteiger partial charge in [0.1, 0.15) is 0 Å². The maximum Gasteiger partial charge on any atom is 0.229 e. The third kappa shape index (κ3) is 4.01. The van der Waals surface area contributed by atoms with Gasteiger partial charge in [-0.05, 0) is 37.3 Å². The number of benzene rings is 3. The van der Waals surface area contributed by atoms with Crippen molar-refractivity contribution in [2.45, 2.75) is 13.0 Å². The van der Waals surface area contributed by atoms with Crippen molar-refractivity contribution in [2.24, 2.45) is 0 Å². The molecule has 4 rings (SSSR count). The monoisotopic (exact) mass is 407 g/mol. The summed E-state index contributed by atoms with van der Waals surface area (Å²) in [4.78, 5) is 4.73. The van der Waals surface area contributed by atoms with Gasteiger partial charge in [-0.3, -0.25) is 4.72 Å². The summed E-state index contributed by atoms with van der Waals surface area (Å²) in [5, 5.41) is 15.7. The SMILES string of the molecule is C[C@@H](O)c1cc(NS(C)(=O)=O)ccc1Nc1c2ccccc2nc2ccccc12. The first-order valence-corrected chi connectivity index (χ1v) is 11.1. The number of para-hydroxylation sites is 2. The molecule has 0 aliphatic rings. The van der Waals surface area contributed by atoms with Gasteiger partial charge < -0.3 is 10.4 Å². The lowest BCUT2D eigenvalue weighted by atomic mass is 10.0. The predicted octanol–water partition coefficient (Wildman–Crippen LogP) is 4.56. The average Bonchev–Trinajstić information content (AvgIpc) is 2.67. The Morgan fingerprint density at radius 1 is 0.931 bits per heavy atom. The zero-order valence-corrected chi connectivity index (χ0v) is 16.9. The van der Waals surface area contributed by atoms with Crippen molar-refractivity contribution in [3.63, 3.8) is 0 Å². The molecule has 0 bridgehead atoms. The fraction of sp³-hybridized carbons (Fsp3) is 0.136. The molecule has 29 heavy (non-hydrogen) atoms. The van der Waals surface area contributed by atoms with E-state index in [1.807, 2.05) is 48.5 Å². The number of fused-ring (bicyclic) bond motifs is 2. The minimum atomic E-state index is -3.41. The van der Waals surface area contributed by atoms with Crippen LogP contribution < -0.4 is 10.0 Å². The molecule has 0 saturated carbocycles. The molecule has 1 heterocycles. The molecule has 148 valence electrons. The van der Waals surface area contributed by atoms with E-state index < -0.39 is 16.1 Å². The highest BCUT2D eigenvalue weighted by Crippen LogP contribution is 2.36. The van der Waals surface area contributed by atoms with Crippen LogP contribution in [0.4, 0.5) is 17.1 Å². The largest absolute Gasteiger partial charge is 0.389 e. The summed E-state index contributed by atoms with van der Waals surface area (Å²) in [6.45, 7) is 1.65. The van der Waals surface area contributed by atoms with E-state index in [1.54, 1.807) is 25.1 Å².